The van der Waals surface area contributed by atoms with E-state index in [2.05, 4.69) is 0 Å². The molecule has 1 aromatic carbocycles. The van der Waals surface area contributed by atoms with E-state index in [0.717, 1.165) is 24.1 Å². The fourth-order valence-electron chi connectivity index (χ4n) is 4.57. The largest absolute Gasteiger partial charge is 0.372 e. The summed E-state index contributed by atoms with van der Waals surface area (Å²) >= 11 is 0. The molecule has 30 heavy (non-hydrogen) atoms. The Labute approximate surface area is 178 Å². The number of hydrogen-bond donors (Lipinski definition) is 0. The molecule has 2 aromatic rings. The van der Waals surface area contributed by atoms with Gasteiger partial charge in [-0.2, -0.15) is 0 Å². The van der Waals surface area contributed by atoms with Crippen molar-refractivity contribution in [2.24, 2.45) is 5.92 Å². The molecule has 0 bridgehead atoms. The maximum absolute atomic E-state index is 12.9. The van der Waals surface area contributed by atoms with Crippen LogP contribution in [0.25, 0.3) is 5.69 Å². The molecule has 2 aliphatic heterocycles. The molecule has 0 unspecified atom stereocenters. The van der Waals surface area contributed by atoms with Crippen LogP contribution in [0.4, 0.5) is 0 Å². The molecule has 2 saturated heterocycles. The minimum absolute atomic E-state index is 0.0207. The lowest BCUT2D eigenvalue weighted by Crippen LogP contribution is -2.51. The van der Waals surface area contributed by atoms with Gasteiger partial charge in [0.2, 0.25) is 11.8 Å². The lowest BCUT2D eigenvalue weighted by molar-refractivity contribution is -0.150. The molecule has 2 amide bonds. The molecule has 2 atom stereocenters. The number of nitrogens with zero attached hydrogens (tertiary/aromatic N) is 3. The van der Waals surface area contributed by atoms with Crippen molar-refractivity contribution in [3.05, 3.63) is 54.4 Å². The van der Waals surface area contributed by atoms with Gasteiger partial charge in [-0.15, -0.1) is 0 Å². The summed E-state index contributed by atoms with van der Waals surface area (Å²) in [5.41, 5.74) is 2.10. The zero-order valence-electron chi connectivity index (χ0n) is 17.9. The molecule has 6 nitrogen and oxygen atoms in total. The summed E-state index contributed by atoms with van der Waals surface area (Å²) in [5.74, 6) is 0.389. The Morgan fingerprint density at radius 3 is 2.13 bits per heavy atom. The van der Waals surface area contributed by atoms with Crippen LogP contribution in [-0.2, 0) is 20.7 Å². The predicted octanol–water partition coefficient (Wildman–Crippen LogP) is 2.89. The first-order valence-corrected chi connectivity index (χ1v) is 10.9. The van der Waals surface area contributed by atoms with Crippen molar-refractivity contribution in [2.45, 2.75) is 45.3 Å². The van der Waals surface area contributed by atoms with Crippen LogP contribution in [0.3, 0.4) is 0 Å². The number of hydrogen-bond acceptors (Lipinski definition) is 3. The second kappa shape index (κ2) is 9.04. The maximum Gasteiger partial charge on any atom is 0.226 e. The number of rotatable bonds is 4. The van der Waals surface area contributed by atoms with Gasteiger partial charge < -0.3 is 19.1 Å². The van der Waals surface area contributed by atoms with Crippen LogP contribution >= 0.6 is 0 Å². The van der Waals surface area contributed by atoms with Crippen LogP contribution in [0.1, 0.15) is 32.3 Å². The standard InChI is InChI=1S/C24H31N3O3/c1-18-16-27(17-19(2)30-18)24(29)21-9-13-26(14-10-21)23(28)15-20-5-7-22(8-6-20)25-11-3-4-12-25/h3-8,11-12,18-19,21H,9-10,13-17H2,1-2H3/t18-,19-/m1/s1. The van der Waals surface area contributed by atoms with Crippen molar-refractivity contribution in [2.75, 3.05) is 26.2 Å². The lowest BCUT2D eigenvalue weighted by Gasteiger charge is -2.39. The smallest absolute Gasteiger partial charge is 0.226 e. The van der Waals surface area contributed by atoms with Crippen molar-refractivity contribution in [1.82, 2.24) is 14.4 Å². The Bertz CT molecular complexity index is 844. The van der Waals surface area contributed by atoms with Gasteiger partial charge >= 0.3 is 0 Å². The minimum atomic E-state index is 0.0207. The molecule has 4 rings (SSSR count). The molecule has 160 valence electrons. The second-order valence-electron chi connectivity index (χ2n) is 8.59. The third kappa shape index (κ3) is 4.75. The van der Waals surface area contributed by atoms with Crippen LogP contribution in [0.5, 0.6) is 0 Å². The highest BCUT2D eigenvalue weighted by molar-refractivity contribution is 5.81. The molecule has 0 aliphatic carbocycles. The highest BCUT2D eigenvalue weighted by atomic mass is 16.5. The monoisotopic (exact) mass is 409 g/mol. The highest BCUT2D eigenvalue weighted by Gasteiger charge is 2.33. The van der Waals surface area contributed by atoms with Crippen molar-refractivity contribution in [1.29, 1.82) is 0 Å². The normalized spacial score (nSPS) is 22.9. The average molecular weight is 410 g/mol. The van der Waals surface area contributed by atoms with E-state index in [1.54, 1.807) is 0 Å². The van der Waals surface area contributed by atoms with Crippen molar-refractivity contribution < 1.29 is 14.3 Å². The number of carbonyl (C=O) groups excluding carboxylic acids is 2. The molecule has 0 radical (unpaired) electrons. The van der Waals surface area contributed by atoms with Crippen LogP contribution in [0, 0.1) is 5.92 Å². The number of amides is 2. The van der Waals surface area contributed by atoms with Gasteiger partial charge in [0.25, 0.3) is 0 Å². The fraction of sp³-hybridized carbons (Fsp3) is 0.500. The fourth-order valence-corrected chi connectivity index (χ4v) is 4.57. The first-order valence-electron chi connectivity index (χ1n) is 10.9. The Hall–Kier alpha value is -2.60. The Morgan fingerprint density at radius 2 is 1.53 bits per heavy atom. The van der Waals surface area contributed by atoms with E-state index in [0.29, 0.717) is 32.6 Å². The van der Waals surface area contributed by atoms with Gasteiger partial charge in [0.1, 0.15) is 0 Å². The summed E-state index contributed by atoms with van der Waals surface area (Å²) in [6.07, 6.45) is 6.08. The maximum atomic E-state index is 12.9. The predicted molar refractivity (Wildman–Crippen MR) is 115 cm³/mol. The third-order valence-corrected chi connectivity index (χ3v) is 6.12. The van der Waals surface area contributed by atoms with Gasteiger partial charge in [0.15, 0.2) is 0 Å². The van der Waals surface area contributed by atoms with Crippen LogP contribution in [0.15, 0.2) is 48.8 Å². The second-order valence-corrected chi connectivity index (χ2v) is 8.59. The van der Waals surface area contributed by atoms with Gasteiger partial charge in [0.05, 0.1) is 18.6 Å². The average Bonchev–Trinajstić information content (AvgIpc) is 3.28. The highest BCUT2D eigenvalue weighted by Crippen LogP contribution is 2.23. The van der Waals surface area contributed by atoms with Crippen molar-refractivity contribution >= 4 is 11.8 Å². The van der Waals surface area contributed by atoms with Crippen molar-refractivity contribution in [3.8, 4) is 5.69 Å². The Morgan fingerprint density at radius 1 is 0.933 bits per heavy atom. The topological polar surface area (TPSA) is 54.8 Å². The number of piperidine rings is 1. The molecule has 2 aliphatic rings. The number of likely N-dealkylation sites (tertiary alicyclic amines) is 1. The van der Waals surface area contributed by atoms with Gasteiger partial charge in [-0.3, -0.25) is 9.59 Å². The number of morpholine rings is 1. The molecule has 1 aromatic heterocycles. The van der Waals surface area contributed by atoms with E-state index in [1.807, 2.05) is 77.0 Å². The Kier molecular flexibility index (Phi) is 6.23. The van der Waals surface area contributed by atoms with E-state index in [1.165, 1.54) is 0 Å². The molecule has 6 heteroatoms. The molecule has 0 N–H and O–H groups in total. The number of carbonyl (C=O) groups is 2. The van der Waals surface area contributed by atoms with E-state index >= 15 is 0 Å². The summed E-state index contributed by atoms with van der Waals surface area (Å²) in [5, 5.41) is 0. The van der Waals surface area contributed by atoms with E-state index < -0.39 is 0 Å². The molecule has 3 heterocycles. The molecular weight excluding hydrogens is 378 g/mol. The minimum Gasteiger partial charge on any atom is -0.372 e. The van der Waals surface area contributed by atoms with Crippen LogP contribution in [-0.4, -0.2) is 64.6 Å². The van der Waals surface area contributed by atoms with E-state index in [-0.39, 0.29) is 29.9 Å². The summed E-state index contributed by atoms with van der Waals surface area (Å²) in [6, 6.07) is 12.1. The van der Waals surface area contributed by atoms with Gasteiger partial charge in [-0.1, -0.05) is 12.1 Å². The zero-order valence-corrected chi connectivity index (χ0v) is 17.9. The quantitative estimate of drug-likeness (QED) is 0.780. The van der Waals surface area contributed by atoms with Crippen LogP contribution < -0.4 is 0 Å². The number of ether oxygens (including phenoxy) is 1. The van der Waals surface area contributed by atoms with E-state index in [4.69, 9.17) is 4.74 Å². The van der Waals surface area contributed by atoms with E-state index in [9.17, 15) is 9.59 Å². The molecule has 0 spiro atoms. The van der Waals surface area contributed by atoms with Crippen LogP contribution in [0.2, 0.25) is 0 Å². The summed E-state index contributed by atoms with van der Waals surface area (Å²) in [6.45, 7) is 6.69. The lowest BCUT2D eigenvalue weighted by atomic mass is 9.94. The molecule has 2 fully saturated rings. The first-order chi connectivity index (χ1) is 14.5. The SMILES string of the molecule is C[C@@H]1CN(C(=O)C2CCN(C(=O)Cc3ccc(-n4cccc4)cc3)CC2)C[C@@H](C)O1. The summed E-state index contributed by atoms with van der Waals surface area (Å²) < 4.78 is 7.78. The van der Waals surface area contributed by atoms with Crippen molar-refractivity contribution in [3.63, 3.8) is 0 Å². The third-order valence-electron chi connectivity index (χ3n) is 6.12. The Balaban J connectivity index is 1.27. The van der Waals surface area contributed by atoms with Gasteiger partial charge in [0, 0.05) is 50.2 Å². The molecular formula is C24H31N3O3. The van der Waals surface area contributed by atoms with Gasteiger partial charge in [-0.05, 0) is 56.5 Å². The number of aromatic nitrogens is 1. The number of benzene rings is 1. The summed E-state index contributed by atoms with van der Waals surface area (Å²) in [7, 11) is 0. The zero-order chi connectivity index (χ0) is 21.1. The molecule has 0 saturated carbocycles. The first kappa shape index (κ1) is 20.7. The van der Waals surface area contributed by atoms with Gasteiger partial charge in [-0.25, -0.2) is 0 Å². The summed E-state index contributed by atoms with van der Waals surface area (Å²) in [4.78, 5) is 29.5.